The van der Waals surface area contributed by atoms with E-state index in [2.05, 4.69) is 0 Å². The molecule has 1 N–H and O–H groups in total. The van der Waals surface area contributed by atoms with E-state index in [9.17, 15) is 9.59 Å². The first-order valence-electron chi connectivity index (χ1n) is 7.80. The molecular weight excluding hydrogens is 322 g/mol. The predicted octanol–water partition coefficient (Wildman–Crippen LogP) is 2.50. The highest BCUT2D eigenvalue weighted by Gasteiger charge is 2.18. The van der Waals surface area contributed by atoms with Gasteiger partial charge in [-0.1, -0.05) is 30.3 Å². The summed E-state index contributed by atoms with van der Waals surface area (Å²) in [6, 6.07) is 14.5. The zero-order valence-electron chi connectivity index (χ0n) is 14.3. The standard InChI is InChI=1S/C19H21NO5/c1-14-10-16(8-9-17(14)24-2)25-13-18(21)20(12-19(22)23)11-15-6-4-3-5-7-15/h3-10H,11-13H2,1-2H3,(H,22,23). The van der Waals surface area contributed by atoms with Crippen LogP contribution in [-0.2, 0) is 16.1 Å². The molecule has 0 atom stereocenters. The molecule has 132 valence electrons. The van der Waals surface area contributed by atoms with E-state index in [1.54, 1.807) is 25.3 Å². The number of aliphatic carboxylic acids is 1. The van der Waals surface area contributed by atoms with Gasteiger partial charge >= 0.3 is 5.97 Å². The Morgan fingerprint density at radius 2 is 1.84 bits per heavy atom. The molecule has 0 radical (unpaired) electrons. The number of hydrogen-bond donors (Lipinski definition) is 1. The molecule has 0 saturated carbocycles. The second-order valence-electron chi connectivity index (χ2n) is 5.55. The first-order valence-corrected chi connectivity index (χ1v) is 7.80. The minimum Gasteiger partial charge on any atom is -0.496 e. The Balaban J connectivity index is 2.01. The zero-order chi connectivity index (χ0) is 18.2. The van der Waals surface area contributed by atoms with E-state index in [0.29, 0.717) is 5.75 Å². The molecule has 6 heteroatoms. The van der Waals surface area contributed by atoms with Crippen molar-refractivity contribution in [2.24, 2.45) is 0 Å². The Morgan fingerprint density at radius 3 is 2.44 bits per heavy atom. The third-order valence-corrected chi connectivity index (χ3v) is 3.62. The Labute approximate surface area is 146 Å². The van der Waals surface area contributed by atoms with Gasteiger partial charge in [-0.05, 0) is 36.2 Å². The number of carbonyl (C=O) groups excluding carboxylic acids is 1. The molecule has 0 unspecified atom stereocenters. The summed E-state index contributed by atoms with van der Waals surface area (Å²) in [4.78, 5) is 24.7. The summed E-state index contributed by atoms with van der Waals surface area (Å²) in [6.45, 7) is 1.49. The van der Waals surface area contributed by atoms with Gasteiger partial charge in [-0.25, -0.2) is 0 Å². The second kappa shape index (κ2) is 8.73. The smallest absolute Gasteiger partial charge is 0.323 e. The van der Waals surface area contributed by atoms with Crippen molar-refractivity contribution in [3.8, 4) is 11.5 Å². The molecule has 0 bridgehead atoms. The number of benzene rings is 2. The zero-order valence-corrected chi connectivity index (χ0v) is 14.3. The summed E-state index contributed by atoms with van der Waals surface area (Å²) in [5.74, 6) is -0.193. The molecule has 0 aliphatic carbocycles. The molecule has 0 saturated heterocycles. The van der Waals surface area contributed by atoms with E-state index < -0.39 is 5.97 Å². The maximum Gasteiger partial charge on any atom is 0.323 e. The highest BCUT2D eigenvalue weighted by molar-refractivity contribution is 5.82. The molecule has 2 rings (SSSR count). The Morgan fingerprint density at radius 1 is 1.12 bits per heavy atom. The molecule has 25 heavy (non-hydrogen) atoms. The average Bonchev–Trinajstić information content (AvgIpc) is 2.59. The first kappa shape index (κ1) is 18.3. The molecule has 0 aliphatic rings. The van der Waals surface area contributed by atoms with Gasteiger partial charge in [-0.15, -0.1) is 0 Å². The van der Waals surface area contributed by atoms with Gasteiger partial charge in [0.15, 0.2) is 6.61 Å². The highest BCUT2D eigenvalue weighted by atomic mass is 16.5. The molecule has 2 aromatic rings. The van der Waals surface area contributed by atoms with Crippen LogP contribution < -0.4 is 9.47 Å². The topological polar surface area (TPSA) is 76.1 Å². The number of carbonyl (C=O) groups is 2. The SMILES string of the molecule is COc1ccc(OCC(=O)N(CC(=O)O)Cc2ccccc2)cc1C. The lowest BCUT2D eigenvalue weighted by atomic mass is 10.2. The summed E-state index contributed by atoms with van der Waals surface area (Å²) in [5, 5.41) is 9.04. The van der Waals surface area contributed by atoms with Crippen LogP contribution >= 0.6 is 0 Å². The van der Waals surface area contributed by atoms with Gasteiger partial charge < -0.3 is 19.5 Å². The van der Waals surface area contributed by atoms with E-state index in [1.165, 1.54) is 4.90 Å². The van der Waals surface area contributed by atoms with Crippen molar-refractivity contribution in [2.45, 2.75) is 13.5 Å². The summed E-state index contributed by atoms with van der Waals surface area (Å²) in [6.07, 6.45) is 0. The molecule has 0 spiro atoms. The van der Waals surface area contributed by atoms with Gasteiger partial charge in [0.05, 0.1) is 7.11 Å². The molecular formula is C19H21NO5. The van der Waals surface area contributed by atoms with E-state index in [4.69, 9.17) is 14.6 Å². The van der Waals surface area contributed by atoms with E-state index in [0.717, 1.165) is 16.9 Å². The van der Waals surface area contributed by atoms with Gasteiger partial charge in [0.1, 0.15) is 18.0 Å². The molecule has 2 aromatic carbocycles. The lowest BCUT2D eigenvalue weighted by Gasteiger charge is -2.21. The third kappa shape index (κ3) is 5.53. The molecule has 6 nitrogen and oxygen atoms in total. The van der Waals surface area contributed by atoms with Gasteiger partial charge in [0.2, 0.25) is 0 Å². The summed E-state index contributed by atoms with van der Waals surface area (Å²) in [7, 11) is 1.58. The van der Waals surface area contributed by atoms with Crippen molar-refractivity contribution < 1.29 is 24.2 Å². The average molecular weight is 343 g/mol. The van der Waals surface area contributed by atoms with Crippen molar-refractivity contribution in [3.63, 3.8) is 0 Å². The molecule has 1 amide bonds. The van der Waals surface area contributed by atoms with E-state index in [1.807, 2.05) is 37.3 Å². The van der Waals surface area contributed by atoms with Crippen LogP contribution in [0.15, 0.2) is 48.5 Å². The number of carboxylic acid groups (broad SMARTS) is 1. The van der Waals surface area contributed by atoms with Crippen LogP contribution in [0.4, 0.5) is 0 Å². The second-order valence-corrected chi connectivity index (χ2v) is 5.55. The van der Waals surface area contributed by atoms with Gasteiger partial charge in [-0.2, -0.15) is 0 Å². The molecule has 0 heterocycles. The van der Waals surface area contributed by atoms with Crippen LogP contribution in [0.25, 0.3) is 0 Å². The predicted molar refractivity (Wildman–Crippen MR) is 92.7 cm³/mol. The van der Waals surface area contributed by atoms with Crippen LogP contribution in [0, 0.1) is 6.92 Å². The minimum atomic E-state index is -1.07. The fourth-order valence-electron chi connectivity index (χ4n) is 2.38. The normalized spacial score (nSPS) is 10.2. The van der Waals surface area contributed by atoms with Gasteiger partial charge in [-0.3, -0.25) is 9.59 Å². The maximum absolute atomic E-state index is 12.4. The van der Waals surface area contributed by atoms with Crippen LogP contribution in [0.3, 0.4) is 0 Å². The van der Waals surface area contributed by atoms with Crippen molar-refractivity contribution in [1.29, 1.82) is 0 Å². The molecule has 0 aliphatic heterocycles. The molecule has 0 aromatic heterocycles. The number of hydrogen-bond acceptors (Lipinski definition) is 4. The largest absolute Gasteiger partial charge is 0.496 e. The van der Waals surface area contributed by atoms with Crippen LogP contribution in [-0.4, -0.2) is 42.1 Å². The number of rotatable bonds is 8. The fraction of sp³-hybridized carbons (Fsp3) is 0.263. The summed E-state index contributed by atoms with van der Waals surface area (Å²) >= 11 is 0. The van der Waals surface area contributed by atoms with Crippen molar-refractivity contribution >= 4 is 11.9 Å². The lowest BCUT2D eigenvalue weighted by Crippen LogP contribution is -2.38. The molecule has 0 fully saturated rings. The summed E-state index contributed by atoms with van der Waals surface area (Å²) < 4.78 is 10.7. The third-order valence-electron chi connectivity index (χ3n) is 3.62. The number of carboxylic acids is 1. The number of ether oxygens (including phenoxy) is 2. The number of amides is 1. The summed E-state index contributed by atoms with van der Waals surface area (Å²) in [5.41, 5.74) is 1.75. The fourth-order valence-corrected chi connectivity index (χ4v) is 2.38. The van der Waals surface area contributed by atoms with Gasteiger partial charge in [0.25, 0.3) is 5.91 Å². The number of methoxy groups -OCH3 is 1. The van der Waals surface area contributed by atoms with Crippen LogP contribution in [0.1, 0.15) is 11.1 Å². The first-order chi connectivity index (χ1) is 12.0. The van der Waals surface area contributed by atoms with Crippen LogP contribution in [0.5, 0.6) is 11.5 Å². The lowest BCUT2D eigenvalue weighted by molar-refractivity contribution is -0.145. The van der Waals surface area contributed by atoms with Crippen molar-refractivity contribution in [2.75, 3.05) is 20.3 Å². The number of nitrogens with zero attached hydrogens (tertiary/aromatic N) is 1. The quantitative estimate of drug-likeness (QED) is 0.797. The van der Waals surface area contributed by atoms with E-state index in [-0.39, 0.29) is 25.6 Å². The van der Waals surface area contributed by atoms with Crippen molar-refractivity contribution in [3.05, 3.63) is 59.7 Å². The maximum atomic E-state index is 12.4. The minimum absolute atomic E-state index is 0.219. The Bertz CT molecular complexity index is 730. The monoisotopic (exact) mass is 343 g/mol. The Hall–Kier alpha value is -3.02. The number of aryl methyl sites for hydroxylation is 1. The Kier molecular flexibility index (Phi) is 6.39. The van der Waals surface area contributed by atoms with Crippen molar-refractivity contribution in [1.82, 2.24) is 4.90 Å². The van der Waals surface area contributed by atoms with E-state index >= 15 is 0 Å². The van der Waals surface area contributed by atoms with Crippen LogP contribution in [0.2, 0.25) is 0 Å². The van der Waals surface area contributed by atoms with Gasteiger partial charge in [0, 0.05) is 6.54 Å². The highest BCUT2D eigenvalue weighted by Crippen LogP contribution is 2.22.